The lowest BCUT2D eigenvalue weighted by atomic mass is 10.2. The normalized spacial score (nSPS) is 9.61. The van der Waals surface area contributed by atoms with E-state index in [0.717, 1.165) is 12.1 Å². The maximum absolute atomic E-state index is 11.3. The minimum atomic E-state index is -0.0216. The highest BCUT2D eigenvalue weighted by molar-refractivity contribution is 5.77. The van der Waals surface area contributed by atoms with Crippen LogP contribution < -0.4 is 21.3 Å². The van der Waals surface area contributed by atoms with Crippen molar-refractivity contribution in [1.82, 2.24) is 20.6 Å². The SMILES string of the molecule is CNCC(=O)NCCCC#Cc1cnc(Nc2ccc(C#N)cc2)nc1NC. The average molecular weight is 377 g/mol. The first kappa shape index (κ1) is 20.7. The van der Waals surface area contributed by atoms with Gasteiger partial charge in [0.25, 0.3) is 0 Å². The van der Waals surface area contributed by atoms with Crippen molar-refractivity contribution in [1.29, 1.82) is 5.26 Å². The number of nitrogens with one attached hydrogen (secondary N) is 4. The molecule has 4 N–H and O–H groups in total. The third-order valence-electron chi connectivity index (χ3n) is 3.66. The molecule has 0 aliphatic carbocycles. The minimum Gasteiger partial charge on any atom is -0.372 e. The van der Waals surface area contributed by atoms with Crippen LogP contribution >= 0.6 is 0 Å². The largest absolute Gasteiger partial charge is 0.372 e. The number of hydrogen-bond acceptors (Lipinski definition) is 7. The van der Waals surface area contributed by atoms with Crippen molar-refractivity contribution in [2.45, 2.75) is 12.8 Å². The zero-order valence-electron chi connectivity index (χ0n) is 16.0. The zero-order valence-corrected chi connectivity index (χ0v) is 16.0. The van der Waals surface area contributed by atoms with E-state index in [9.17, 15) is 4.79 Å². The molecule has 0 saturated heterocycles. The van der Waals surface area contributed by atoms with Crippen molar-refractivity contribution in [3.63, 3.8) is 0 Å². The third-order valence-corrected chi connectivity index (χ3v) is 3.66. The molecule has 28 heavy (non-hydrogen) atoms. The van der Waals surface area contributed by atoms with Crippen LogP contribution in [-0.2, 0) is 4.79 Å². The van der Waals surface area contributed by atoms with Crippen LogP contribution in [0.5, 0.6) is 0 Å². The number of aromatic nitrogens is 2. The van der Waals surface area contributed by atoms with Crippen molar-refractivity contribution in [2.24, 2.45) is 0 Å². The summed E-state index contributed by atoms with van der Waals surface area (Å²) in [4.78, 5) is 20.0. The number of nitrogens with zero attached hydrogens (tertiary/aromatic N) is 3. The molecular weight excluding hydrogens is 354 g/mol. The topological polar surface area (TPSA) is 115 Å². The Balaban J connectivity index is 1.92. The molecule has 1 aromatic heterocycles. The van der Waals surface area contributed by atoms with E-state index < -0.39 is 0 Å². The number of benzene rings is 1. The van der Waals surface area contributed by atoms with Gasteiger partial charge in [-0.05, 0) is 37.7 Å². The van der Waals surface area contributed by atoms with Crippen molar-refractivity contribution in [3.05, 3.63) is 41.6 Å². The van der Waals surface area contributed by atoms with Gasteiger partial charge in [-0.3, -0.25) is 4.79 Å². The van der Waals surface area contributed by atoms with Crippen LogP contribution in [-0.4, -0.2) is 43.1 Å². The lowest BCUT2D eigenvalue weighted by Gasteiger charge is -2.08. The summed E-state index contributed by atoms with van der Waals surface area (Å²) in [7, 11) is 3.51. The van der Waals surface area contributed by atoms with Gasteiger partial charge in [-0.25, -0.2) is 4.98 Å². The first-order valence-corrected chi connectivity index (χ1v) is 8.88. The average Bonchev–Trinajstić information content (AvgIpc) is 2.72. The molecule has 0 radical (unpaired) electrons. The van der Waals surface area contributed by atoms with Gasteiger partial charge < -0.3 is 21.3 Å². The van der Waals surface area contributed by atoms with Gasteiger partial charge in [-0.15, -0.1) is 0 Å². The number of carbonyl (C=O) groups is 1. The number of anilines is 3. The van der Waals surface area contributed by atoms with Gasteiger partial charge in [0, 0.05) is 25.7 Å². The predicted molar refractivity (Wildman–Crippen MR) is 109 cm³/mol. The molecule has 8 nitrogen and oxygen atoms in total. The second kappa shape index (κ2) is 11.2. The van der Waals surface area contributed by atoms with E-state index in [4.69, 9.17) is 5.26 Å². The number of nitriles is 1. The molecule has 0 aliphatic heterocycles. The predicted octanol–water partition coefficient (Wildman–Crippen LogP) is 1.60. The van der Waals surface area contributed by atoms with E-state index in [1.165, 1.54) is 0 Å². The molecule has 144 valence electrons. The van der Waals surface area contributed by atoms with Crippen LogP contribution in [0.4, 0.5) is 17.5 Å². The second-order valence-corrected chi connectivity index (χ2v) is 5.81. The lowest BCUT2D eigenvalue weighted by Crippen LogP contribution is -2.32. The molecule has 2 aromatic rings. The van der Waals surface area contributed by atoms with Gasteiger partial charge in [-0.2, -0.15) is 10.2 Å². The van der Waals surface area contributed by atoms with Crippen molar-refractivity contribution in [3.8, 4) is 17.9 Å². The van der Waals surface area contributed by atoms with Gasteiger partial charge in [0.2, 0.25) is 11.9 Å². The highest BCUT2D eigenvalue weighted by Gasteiger charge is 2.05. The number of unbranched alkanes of at least 4 members (excludes halogenated alkanes) is 1. The third kappa shape index (κ3) is 6.60. The van der Waals surface area contributed by atoms with Gasteiger partial charge >= 0.3 is 0 Å². The molecule has 0 fully saturated rings. The van der Waals surface area contributed by atoms with Crippen molar-refractivity contribution >= 4 is 23.4 Å². The molecule has 0 aliphatic rings. The number of carbonyl (C=O) groups excluding carboxylic acids is 1. The first-order chi connectivity index (χ1) is 13.7. The fourth-order valence-corrected chi connectivity index (χ4v) is 2.27. The van der Waals surface area contributed by atoms with Crippen LogP contribution in [0.15, 0.2) is 30.5 Å². The van der Waals surface area contributed by atoms with Gasteiger partial charge in [0.15, 0.2) is 0 Å². The fourth-order valence-electron chi connectivity index (χ4n) is 2.27. The Bertz CT molecular complexity index is 891. The molecule has 1 amide bonds. The zero-order chi connectivity index (χ0) is 20.2. The van der Waals surface area contributed by atoms with E-state index in [-0.39, 0.29) is 5.91 Å². The number of hydrogen-bond donors (Lipinski definition) is 4. The number of likely N-dealkylation sites (N-methyl/N-ethyl adjacent to an activating group) is 1. The van der Waals surface area contributed by atoms with Crippen LogP contribution in [0.3, 0.4) is 0 Å². The first-order valence-electron chi connectivity index (χ1n) is 8.88. The summed E-state index contributed by atoms with van der Waals surface area (Å²) in [5.74, 6) is 7.17. The minimum absolute atomic E-state index is 0.0216. The summed E-state index contributed by atoms with van der Waals surface area (Å²) in [5.41, 5.74) is 2.09. The molecule has 0 atom stereocenters. The summed E-state index contributed by atoms with van der Waals surface area (Å²) >= 11 is 0. The van der Waals surface area contributed by atoms with Crippen molar-refractivity contribution < 1.29 is 4.79 Å². The van der Waals surface area contributed by atoms with Gasteiger partial charge in [0.1, 0.15) is 5.82 Å². The fraction of sp³-hybridized carbons (Fsp3) is 0.300. The molecule has 1 aromatic carbocycles. The highest BCUT2D eigenvalue weighted by atomic mass is 16.1. The van der Waals surface area contributed by atoms with Crippen molar-refractivity contribution in [2.75, 3.05) is 37.8 Å². The van der Waals surface area contributed by atoms with E-state index in [2.05, 4.69) is 49.1 Å². The summed E-state index contributed by atoms with van der Waals surface area (Å²) in [6.07, 6.45) is 3.09. The maximum Gasteiger partial charge on any atom is 0.233 e. The van der Waals surface area contributed by atoms with E-state index in [0.29, 0.717) is 42.4 Å². The second-order valence-electron chi connectivity index (χ2n) is 5.81. The Morgan fingerprint density at radius 1 is 1.21 bits per heavy atom. The van der Waals surface area contributed by atoms with Crippen LogP contribution in [0, 0.1) is 23.2 Å². The van der Waals surface area contributed by atoms with Gasteiger partial charge in [0.05, 0.1) is 29.9 Å². The standard InChI is InChI=1S/C20H23N7O/c1-22-14-18(28)24-11-5-3-4-6-16-13-25-20(27-19(16)23-2)26-17-9-7-15(12-21)8-10-17/h7-10,13,22H,3,5,11,14H2,1-2H3,(H,24,28)(H2,23,25,26,27). The van der Waals surface area contributed by atoms with E-state index >= 15 is 0 Å². The summed E-state index contributed by atoms with van der Waals surface area (Å²) in [5, 5.41) is 20.6. The van der Waals surface area contributed by atoms with Crippen LogP contribution in [0.2, 0.25) is 0 Å². The molecule has 2 rings (SSSR count). The Labute approximate surface area is 164 Å². The quantitative estimate of drug-likeness (QED) is 0.408. The van der Waals surface area contributed by atoms with E-state index in [1.54, 1.807) is 44.6 Å². The maximum atomic E-state index is 11.3. The molecule has 0 unspecified atom stereocenters. The van der Waals surface area contributed by atoms with E-state index in [1.807, 2.05) is 0 Å². The lowest BCUT2D eigenvalue weighted by molar-refractivity contribution is -0.120. The Morgan fingerprint density at radius 3 is 2.68 bits per heavy atom. The van der Waals surface area contributed by atoms with Crippen LogP contribution in [0.1, 0.15) is 24.0 Å². The highest BCUT2D eigenvalue weighted by Crippen LogP contribution is 2.17. The Morgan fingerprint density at radius 2 is 2.00 bits per heavy atom. The number of rotatable bonds is 8. The molecule has 8 heteroatoms. The molecular formula is C20H23N7O. The smallest absolute Gasteiger partial charge is 0.233 e. The molecule has 0 bridgehead atoms. The summed E-state index contributed by atoms with van der Waals surface area (Å²) in [6, 6.07) is 9.12. The Kier molecular flexibility index (Phi) is 8.25. The summed E-state index contributed by atoms with van der Waals surface area (Å²) < 4.78 is 0. The van der Waals surface area contributed by atoms with Gasteiger partial charge in [-0.1, -0.05) is 11.8 Å². The molecule has 0 saturated carbocycles. The number of amides is 1. The van der Waals surface area contributed by atoms with Crippen LogP contribution in [0.25, 0.3) is 0 Å². The summed E-state index contributed by atoms with van der Waals surface area (Å²) in [6.45, 7) is 0.912. The Hall–Kier alpha value is -3.62. The monoisotopic (exact) mass is 377 g/mol. The molecule has 0 spiro atoms. The molecule has 1 heterocycles.